The fraction of sp³-hybridized carbons (Fsp3) is 0.158. The molecule has 0 fully saturated rings. The molecule has 0 radical (unpaired) electrons. The van der Waals surface area contributed by atoms with E-state index in [2.05, 4.69) is 20.8 Å². The number of nitrogens with one attached hydrogen (secondary N) is 2. The van der Waals surface area contributed by atoms with Crippen LogP contribution in [0.5, 0.6) is 0 Å². The van der Waals surface area contributed by atoms with Crippen LogP contribution in [-0.4, -0.2) is 28.1 Å². The van der Waals surface area contributed by atoms with E-state index in [1.165, 1.54) is 11.3 Å². The number of carbonyl (C=O) groups excluding carboxylic acids is 2. The molecule has 1 heterocycles. The Morgan fingerprint density at radius 1 is 1.11 bits per heavy atom. The molecule has 1 atom stereocenters. The van der Waals surface area contributed by atoms with Crippen molar-refractivity contribution in [1.82, 2.24) is 15.5 Å². The number of benzene rings is 2. The Kier molecular flexibility index (Phi) is 5.83. The molecule has 1 aromatic heterocycles. The maximum Gasteiger partial charge on any atom is 0.251 e. The van der Waals surface area contributed by atoms with Crippen molar-refractivity contribution in [3.05, 3.63) is 64.7 Å². The van der Waals surface area contributed by atoms with E-state index in [1.54, 1.807) is 31.2 Å². The number of amides is 2. The maximum absolute atomic E-state index is 12.3. The predicted molar refractivity (Wildman–Crippen MR) is 107 cm³/mol. The summed E-state index contributed by atoms with van der Waals surface area (Å²) in [5, 5.41) is 15.0. The van der Waals surface area contributed by atoms with Crippen molar-refractivity contribution >= 4 is 39.9 Å². The number of halogens is 1. The quantitative estimate of drug-likeness (QED) is 0.679. The highest BCUT2D eigenvalue weighted by atomic mass is 35.5. The van der Waals surface area contributed by atoms with Crippen LogP contribution in [0.2, 0.25) is 5.02 Å². The number of rotatable bonds is 5. The number of nitrogens with zero attached hydrogens (tertiary/aromatic N) is 2. The third-order valence-corrected chi connectivity index (χ3v) is 4.87. The van der Waals surface area contributed by atoms with Gasteiger partial charge in [0.15, 0.2) is 0 Å². The minimum Gasteiger partial charge on any atom is -0.341 e. The highest BCUT2D eigenvalue weighted by molar-refractivity contribution is 7.18. The molecule has 0 spiro atoms. The van der Waals surface area contributed by atoms with Gasteiger partial charge in [-0.25, -0.2) is 0 Å². The summed E-state index contributed by atoms with van der Waals surface area (Å²) in [6.07, 6.45) is 0. The van der Waals surface area contributed by atoms with Gasteiger partial charge in [-0.1, -0.05) is 52.8 Å². The van der Waals surface area contributed by atoms with Crippen LogP contribution < -0.4 is 10.6 Å². The van der Waals surface area contributed by atoms with Crippen molar-refractivity contribution in [3.8, 4) is 10.6 Å². The Morgan fingerprint density at radius 3 is 2.63 bits per heavy atom. The van der Waals surface area contributed by atoms with Crippen molar-refractivity contribution in [3.63, 3.8) is 0 Å². The lowest BCUT2D eigenvalue weighted by molar-refractivity contribution is -0.117. The van der Waals surface area contributed by atoms with Gasteiger partial charge in [0.1, 0.15) is 11.0 Å². The Balaban J connectivity index is 1.62. The summed E-state index contributed by atoms with van der Waals surface area (Å²) in [7, 11) is 0. The average molecular weight is 401 g/mol. The first-order valence-corrected chi connectivity index (χ1v) is 9.39. The zero-order valence-corrected chi connectivity index (χ0v) is 16.3. The van der Waals surface area contributed by atoms with E-state index in [-0.39, 0.29) is 11.8 Å². The van der Waals surface area contributed by atoms with Crippen molar-refractivity contribution < 1.29 is 9.59 Å². The van der Waals surface area contributed by atoms with Gasteiger partial charge in [-0.05, 0) is 38.1 Å². The van der Waals surface area contributed by atoms with Crippen LogP contribution in [0.3, 0.4) is 0 Å². The van der Waals surface area contributed by atoms with Gasteiger partial charge in [-0.3, -0.25) is 14.9 Å². The molecular formula is C19H17ClN4O2S. The molecule has 0 aliphatic rings. The standard InChI is InChI=1S/C19H17ClN4O2S/c1-11-5-3-7-14(9-11)18-23-24-19(27-18)22-16(25)12(2)21-17(26)13-6-4-8-15(20)10-13/h3-10,12H,1-2H3,(H,21,26)(H,22,24,25)/t12-/m0/s1. The summed E-state index contributed by atoms with van der Waals surface area (Å²) in [6, 6.07) is 13.7. The van der Waals surface area contributed by atoms with E-state index in [0.29, 0.717) is 20.7 Å². The minimum atomic E-state index is -0.747. The average Bonchev–Trinajstić information content (AvgIpc) is 3.10. The molecule has 6 nitrogen and oxygen atoms in total. The van der Waals surface area contributed by atoms with Gasteiger partial charge in [0.25, 0.3) is 5.91 Å². The monoisotopic (exact) mass is 400 g/mol. The molecule has 0 aliphatic carbocycles. The van der Waals surface area contributed by atoms with E-state index < -0.39 is 6.04 Å². The van der Waals surface area contributed by atoms with E-state index in [1.807, 2.05) is 31.2 Å². The molecule has 27 heavy (non-hydrogen) atoms. The summed E-state index contributed by atoms with van der Waals surface area (Å²) in [4.78, 5) is 24.5. The molecule has 0 saturated heterocycles. The first kappa shape index (κ1) is 19.0. The third-order valence-electron chi connectivity index (χ3n) is 3.75. The van der Waals surface area contributed by atoms with E-state index in [0.717, 1.165) is 11.1 Å². The summed E-state index contributed by atoms with van der Waals surface area (Å²) >= 11 is 7.16. The largest absolute Gasteiger partial charge is 0.341 e. The van der Waals surface area contributed by atoms with E-state index in [9.17, 15) is 9.59 Å². The summed E-state index contributed by atoms with van der Waals surface area (Å²) in [5.74, 6) is -0.754. The van der Waals surface area contributed by atoms with Gasteiger partial charge in [0.05, 0.1) is 0 Å². The molecule has 3 rings (SSSR count). The van der Waals surface area contributed by atoms with Crippen molar-refractivity contribution in [2.45, 2.75) is 19.9 Å². The van der Waals surface area contributed by atoms with Gasteiger partial charge >= 0.3 is 0 Å². The van der Waals surface area contributed by atoms with Crippen molar-refractivity contribution in [2.75, 3.05) is 5.32 Å². The normalized spacial score (nSPS) is 11.7. The second-order valence-corrected chi connectivity index (χ2v) is 7.39. The molecule has 0 unspecified atom stereocenters. The van der Waals surface area contributed by atoms with Gasteiger partial charge in [-0.15, -0.1) is 10.2 Å². The Morgan fingerprint density at radius 2 is 1.89 bits per heavy atom. The Hall–Kier alpha value is -2.77. The highest BCUT2D eigenvalue weighted by Crippen LogP contribution is 2.26. The number of carbonyl (C=O) groups is 2. The van der Waals surface area contributed by atoms with Crippen LogP contribution in [-0.2, 0) is 4.79 Å². The number of aromatic nitrogens is 2. The second-order valence-electron chi connectivity index (χ2n) is 5.98. The third kappa shape index (κ3) is 4.90. The first-order chi connectivity index (χ1) is 12.9. The van der Waals surface area contributed by atoms with Crippen LogP contribution in [0.1, 0.15) is 22.8 Å². The zero-order chi connectivity index (χ0) is 19.4. The molecule has 3 aromatic rings. The Bertz CT molecular complexity index is 989. The lowest BCUT2D eigenvalue weighted by Crippen LogP contribution is -2.41. The number of hydrogen-bond donors (Lipinski definition) is 2. The smallest absolute Gasteiger partial charge is 0.251 e. The van der Waals surface area contributed by atoms with Crippen LogP contribution in [0, 0.1) is 6.92 Å². The number of anilines is 1. The van der Waals surface area contributed by atoms with Crippen LogP contribution in [0.4, 0.5) is 5.13 Å². The minimum absolute atomic E-state index is 0.375. The molecule has 0 saturated carbocycles. The zero-order valence-electron chi connectivity index (χ0n) is 14.7. The van der Waals surface area contributed by atoms with Gasteiger partial charge in [0.2, 0.25) is 11.0 Å². The van der Waals surface area contributed by atoms with Crippen LogP contribution >= 0.6 is 22.9 Å². The molecule has 0 aliphatic heterocycles. The van der Waals surface area contributed by atoms with Gasteiger partial charge < -0.3 is 5.32 Å². The van der Waals surface area contributed by atoms with Crippen molar-refractivity contribution in [2.24, 2.45) is 0 Å². The molecule has 2 N–H and O–H groups in total. The Labute approximate surface area is 165 Å². The summed E-state index contributed by atoms with van der Waals surface area (Å²) < 4.78 is 0. The molecule has 2 aromatic carbocycles. The second kappa shape index (κ2) is 8.28. The van der Waals surface area contributed by atoms with Crippen LogP contribution in [0.15, 0.2) is 48.5 Å². The molecule has 0 bridgehead atoms. The lowest BCUT2D eigenvalue weighted by atomic mass is 10.1. The molecule has 138 valence electrons. The summed E-state index contributed by atoms with van der Waals surface area (Å²) in [5.41, 5.74) is 2.45. The predicted octanol–water partition coefficient (Wildman–Crippen LogP) is 3.92. The fourth-order valence-corrected chi connectivity index (χ4v) is 3.29. The van der Waals surface area contributed by atoms with E-state index >= 15 is 0 Å². The maximum atomic E-state index is 12.3. The van der Waals surface area contributed by atoms with Crippen molar-refractivity contribution in [1.29, 1.82) is 0 Å². The van der Waals surface area contributed by atoms with E-state index in [4.69, 9.17) is 11.6 Å². The van der Waals surface area contributed by atoms with Gasteiger partial charge in [0, 0.05) is 16.1 Å². The van der Waals surface area contributed by atoms with Crippen LogP contribution in [0.25, 0.3) is 10.6 Å². The molecule has 8 heteroatoms. The summed E-state index contributed by atoms with van der Waals surface area (Å²) in [6.45, 7) is 3.60. The topological polar surface area (TPSA) is 84.0 Å². The lowest BCUT2D eigenvalue weighted by Gasteiger charge is -2.12. The van der Waals surface area contributed by atoms with Gasteiger partial charge in [-0.2, -0.15) is 0 Å². The molecular weight excluding hydrogens is 384 g/mol. The SMILES string of the molecule is Cc1cccc(-c2nnc(NC(=O)[C@H](C)NC(=O)c3cccc(Cl)c3)s2)c1. The fourth-order valence-electron chi connectivity index (χ4n) is 2.36. The molecule has 2 amide bonds. The number of hydrogen-bond acceptors (Lipinski definition) is 5. The number of aryl methyl sites for hydroxylation is 1. The highest BCUT2D eigenvalue weighted by Gasteiger charge is 2.18. The first-order valence-electron chi connectivity index (χ1n) is 8.20.